The van der Waals surface area contributed by atoms with Gasteiger partial charge in [0.15, 0.2) is 5.13 Å². The van der Waals surface area contributed by atoms with E-state index in [0.29, 0.717) is 5.69 Å². The van der Waals surface area contributed by atoms with Crippen LogP contribution in [0.15, 0.2) is 54.6 Å². The smallest absolute Gasteiger partial charge is 0.316 e. The molecule has 0 amide bonds. The lowest BCUT2D eigenvalue weighted by Gasteiger charge is -2.13. The minimum absolute atomic E-state index is 0.157. The lowest BCUT2D eigenvalue weighted by molar-refractivity contribution is -0.143. The first-order valence-corrected chi connectivity index (χ1v) is 9.20. The number of ether oxygens (including phenoxy) is 1. The number of benzene rings is 2. The molecule has 0 spiro atoms. The van der Waals surface area contributed by atoms with E-state index in [2.05, 4.69) is 0 Å². The summed E-state index contributed by atoms with van der Waals surface area (Å²) in [5, 5.41) is -0.281. The van der Waals surface area contributed by atoms with Gasteiger partial charge < -0.3 is 10.5 Å². The van der Waals surface area contributed by atoms with Gasteiger partial charge in [0.25, 0.3) is 0 Å². The van der Waals surface area contributed by atoms with Crippen molar-refractivity contribution in [1.82, 2.24) is 0 Å². The van der Waals surface area contributed by atoms with Crippen molar-refractivity contribution in [2.24, 2.45) is 0 Å². The van der Waals surface area contributed by atoms with Gasteiger partial charge in [0, 0.05) is 6.07 Å². The maximum atomic E-state index is 13.3. The van der Waals surface area contributed by atoms with Gasteiger partial charge in [-0.05, 0) is 35.1 Å². The minimum Gasteiger partial charge on any atom is -0.468 e. The van der Waals surface area contributed by atoms with Gasteiger partial charge in [-0.3, -0.25) is 4.79 Å². The molecule has 3 nitrogen and oxygen atoms in total. The lowest BCUT2D eigenvalue weighted by atomic mass is 9.93. The molecule has 1 aliphatic carbocycles. The first-order chi connectivity index (χ1) is 12.5. The highest BCUT2D eigenvalue weighted by Crippen LogP contribution is 2.49. The molecule has 1 saturated carbocycles. The van der Waals surface area contributed by atoms with E-state index < -0.39 is 5.41 Å². The number of carbonyl (C=O) groups is 1. The third-order valence-corrected chi connectivity index (χ3v) is 5.96. The van der Waals surface area contributed by atoms with Gasteiger partial charge in [0.05, 0.1) is 23.1 Å². The van der Waals surface area contributed by atoms with E-state index in [9.17, 15) is 9.18 Å². The second-order valence-electron chi connectivity index (χ2n) is 6.56. The molecule has 0 aliphatic heterocycles. The Bertz CT molecular complexity index is 957. The second-order valence-corrected chi connectivity index (χ2v) is 7.57. The Morgan fingerprint density at radius 2 is 1.58 bits per heavy atom. The molecular weight excluding hydrogens is 349 g/mol. The standard InChI is InChI=1S/C21H18FNO2S/c1-25-20(24)21(10-11-21)16-8-6-14(7-9-16)13-2-4-15(5-3-13)19-17(23)12-18(22)26-19/h2-9,12H,10-11,23H2,1H3. The molecule has 1 aliphatic rings. The Labute approximate surface area is 155 Å². The third-order valence-electron chi connectivity index (χ3n) is 4.97. The summed E-state index contributed by atoms with van der Waals surface area (Å²) in [6, 6.07) is 17.3. The number of nitrogen functional groups attached to an aromatic ring is 1. The molecule has 0 saturated heterocycles. The highest BCUT2D eigenvalue weighted by atomic mass is 32.1. The van der Waals surface area contributed by atoms with Gasteiger partial charge in [-0.15, -0.1) is 11.3 Å². The number of carbonyl (C=O) groups excluding carboxylic acids is 1. The minimum atomic E-state index is -0.447. The van der Waals surface area contributed by atoms with E-state index >= 15 is 0 Å². The van der Waals surface area contributed by atoms with Crippen molar-refractivity contribution in [3.8, 4) is 21.6 Å². The highest BCUT2D eigenvalue weighted by molar-refractivity contribution is 7.14. The monoisotopic (exact) mass is 367 g/mol. The average Bonchev–Trinajstić information content (AvgIpc) is 3.41. The number of nitrogens with two attached hydrogens (primary N) is 1. The van der Waals surface area contributed by atoms with Gasteiger partial charge in [-0.2, -0.15) is 4.39 Å². The van der Waals surface area contributed by atoms with Crippen LogP contribution in [0.2, 0.25) is 0 Å². The molecule has 132 valence electrons. The second kappa shape index (κ2) is 6.25. The van der Waals surface area contributed by atoms with Crippen LogP contribution in [-0.2, 0) is 14.9 Å². The maximum absolute atomic E-state index is 13.3. The van der Waals surface area contributed by atoms with Crippen molar-refractivity contribution >= 4 is 23.0 Å². The summed E-state index contributed by atoms with van der Waals surface area (Å²) in [6.07, 6.45) is 1.68. The van der Waals surface area contributed by atoms with Crippen molar-refractivity contribution in [3.63, 3.8) is 0 Å². The number of anilines is 1. The number of hydrogen-bond acceptors (Lipinski definition) is 4. The van der Waals surface area contributed by atoms with Crippen LogP contribution in [-0.4, -0.2) is 13.1 Å². The van der Waals surface area contributed by atoms with E-state index in [1.807, 2.05) is 48.5 Å². The highest BCUT2D eigenvalue weighted by Gasteiger charge is 2.52. The number of methoxy groups -OCH3 is 1. The van der Waals surface area contributed by atoms with Gasteiger partial charge in [-0.1, -0.05) is 48.5 Å². The maximum Gasteiger partial charge on any atom is 0.316 e. The summed E-state index contributed by atoms with van der Waals surface area (Å²) >= 11 is 1.05. The Morgan fingerprint density at radius 1 is 1.04 bits per heavy atom. The van der Waals surface area contributed by atoms with Crippen LogP contribution in [0.1, 0.15) is 18.4 Å². The fourth-order valence-electron chi connectivity index (χ4n) is 3.33. The van der Waals surface area contributed by atoms with Crippen molar-refractivity contribution < 1.29 is 13.9 Å². The van der Waals surface area contributed by atoms with Gasteiger partial charge in [0.1, 0.15) is 0 Å². The van der Waals surface area contributed by atoms with Crippen LogP contribution in [0.5, 0.6) is 0 Å². The predicted molar refractivity (Wildman–Crippen MR) is 102 cm³/mol. The van der Waals surface area contributed by atoms with Gasteiger partial charge >= 0.3 is 5.97 Å². The predicted octanol–water partition coefficient (Wildman–Crippen LogP) is 5.01. The van der Waals surface area contributed by atoms with Crippen molar-refractivity contribution in [3.05, 3.63) is 65.3 Å². The fraction of sp³-hybridized carbons (Fsp3) is 0.190. The first kappa shape index (κ1) is 16.8. The van der Waals surface area contributed by atoms with Crippen LogP contribution >= 0.6 is 11.3 Å². The summed E-state index contributed by atoms with van der Waals surface area (Å²) < 4.78 is 18.3. The van der Waals surface area contributed by atoms with Crippen LogP contribution in [0, 0.1) is 5.13 Å². The molecule has 0 atom stereocenters. The van der Waals surface area contributed by atoms with Crippen molar-refractivity contribution in [1.29, 1.82) is 0 Å². The SMILES string of the molecule is COC(=O)C1(c2ccc(-c3ccc(-c4sc(F)cc4N)cc3)cc2)CC1. The molecule has 0 unspecified atom stereocenters. The number of halogens is 1. The molecular formula is C21H18FNO2S. The number of rotatable bonds is 4. The van der Waals surface area contributed by atoms with Crippen LogP contribution < -0.4 is 5.73 Å². The molecule has 26 heavy (non-hydrogen) atoms. The topological polar surface area (TPSA) is 52.3 Å². The van der Waals surface area contributed by atoms with Crippen molar-refractivity contribution in [2.75, 3.05) is 12.8 Å². The van der Waals surface area contributed by atoms with Crippen LogP contribution in [0.25, 0.3) is 21.6 Å². The summed E-state index contributed by atoms with van der Waals surface area (Å²) in [6.45, 7) is 0. The molecule has 1 heterocycles. The van der Waals surface area contributed by atoms with Crippen LogP contribution in [0.3, 0.4) is 0 Å². The number of hydrogen-bond donors (Lipinski definition) is 1. The largest absolute Gasteiger partial charge is 0.468 e. The van der Waals surface area contributed by atoms with E-state index in [4.69, 9.17) is 10.5 Å². The summed E-state index contributed by atoms with van der Waals surface area (Å²) in [5.41, 5.74) is 9.89. The van der Waals surface area contributed by atoms with E-state index in [-0.39, 0.29) is 11.1 Å². The van der Waals surface area contributed by atoms with E-state index in [0.717, 1.165) is 51.3 Å². The molecule has 2 aromatic carbocycles. The fourth-order valence-corrected chi connectivity index (χ4v) is 4.14. The summed E-state index contributed by atoms with van der Waals surface area (Å²) in [7, 11) is 1.44. The van der Waals surface area contributed by atoms with Crippen molar-refractivity contribution in [2.45, 2.75) is 18.3 Å². The third kappa shape index (κ3) is 2.78. The zero-order valence-electron chi connectivity index (χ0n) is 14.3. The number of esters is 1. The average molecular weight is 367 g/mol. The molecule has 4 rings (SSSR count). The molecule has 2 N–H and O–H groups in total. The van der Waals surface area contributed by atoms with Gasteiger partial charge in [-0.25, -0.2) is 0 Å². The lowest BCUT2D eigenvalue weighted by Crippen LogP contribution is -2.21. The molecule has 1 fully saturated rings. The zero-order chi connectivity index (χ0) is 18.3. The Kier molecular flexibility index (Phi) is 4.04. The summed E-state index contributed by atoms with van der Waals surface area (Å²) in [4.78, 5) is 12.7. The zero-order valence-corrected chi connectivity index (χ0v) is 15.1. The first-order valence-electron chi connectivity index (χ1n) is 8.38. The number of thiophene rings is 1. The van der Waals surface area contributed by atoms with Crippen LogP contribution in [0.4, 0.5) is 10.1 Å². The molecule has 0 radical (unpaired) electrons. The van der Waals surface area contributed by atoms with E-state index in [1.54, 1.807) is 0 Å². The summed E-state index contributed by atoms with van der Waals surface area (Å²) in [5.74, 6) is -0.157. The Morgan fingerprint density at radius 3 is 2.04 bits per heavy atom. The molecule has 3 aromatic rings. The normalized spacial score (nSPS) is 14.8. The Balaban J connectivity index is 1.59. The van der Waals surface area contributed by atoms with Gasteiger partial charge in [0.2, 0.25) is 0 Å². The quantitative estimate of drug-likeness (QED) is 0.660. The molecule has 1 aromatic heterocycles. The molecule has 5 heteroatoms. The van der Waals surface area contributed by atoms with E-state index in [1.165, 1.54) is 13.2 Å². The Hall–Kier alpha value is -2.66. The molecule has 0 bridgehead atoms.